The molecule has 0 radical (unpaired) electrons. The monoisotopic (exact) mass is 166 g/mol. The summed E-state index contributed by atoms with van der Waals surface area (Å²) in [6.45, 7) is 1.14. The first kappa shape index (κ1) is 10.3. The van der Waals surface area contributed by atoms with E-state index in [-0.39, 0.29) is 19.0 Å². The molecule has 0 unspecified atom stereocenters. The van der Waals surface area contributed by atoms with Crippen LogP contribution in [0.3, 0.4) is 0 Å². The minimum atomic E-state index is -2.48. The third kappa shape index (κ3) is 4.66. The molecule has 0 aliphatic carbocycles. The van der Waals surface area contributed by atoms with Crippen molar-refractivity contribution in [2.45, 2.75) is 13.3 Å². The van der Waals surface area contributed by atoms with Crippen LogP contribution in [0.4, 0.5) is 8.78 Å². The molecule has 0 heterocycles. The van der Waals surface area contributed by atoms with Crippen molar-refractivity contribution >= 4 is 5.91 Å². The Morgan fingerprint density at radius 1 is 1.64 bits per heavy atom. The van der Waals surface area contributed by atoms with E-state index in [0.29, 0.717) is 0 Å². The van der Waals surface area contributed by atoms with Crippen LogP contribution in [0.25, 0.3) is 0 Å². The molecule has 2 N–H and O–H groups in total. The number of carbonyl (C=O) groups excluding carboxylic acids is 1. The Bertz CT molecular complexity index is 130. The molecule has 11 heavy (non-hydrogen) atoms. The summed E-state index contributed by atoms with van der Waals surface area (Å²) in [4.78, 5) is 11.6. The first-order valence-corrected chi connectivity index (χ1v) is 3.31. The van der Waals surface area contributed by atoms with Crippen molar-refractivity contribution in [3.8, 4) is 0 Å². The zero-order valence-electron chi connectivity index (χ0n) is 6.39. The lowest BCUT2D eigenvalue weighted by atomic mass is 10.4. The molecule has 0 saturated carbocycles. The fraction of sp³-hybridized carbons (Fsp3) is 0.833. The second kappa shape index (κ2) is 5.01. The third-order valence-corrected chi connectivity index (χ3v) is 1.20. The van der Waals surface area contributed by atoms with Gasteiger partial charge in [0.1, 0.15) is 0 Å². The van der Waals surface area contributed by atoms with Crippen LogP contribution >= 0.6 is 0 Å². The molecule has 66 valence electrons. The summed E-state index contributed by atoms with van der Waals surface area (Å²) in [5.41, 5.74) is 5.10. The maximum atomic E-state index is 11.7. The molecule has 0 atom stereocenters. The average Bonchev–Trinajstić information content (AvgIpc) is 1.86. The van der Waals surface area contributed by atoms with E-state index in [1.165, 1.54) is 6.92 Å². The summed E-state index contributed by atoms with van der Waals surface area (Å²) < 4.78 is 23.5. The number of amides is 1. The van der Waals surface area contributed by atoms with Gasteiger partial charge >= 0.3 is 0 Å². The van der Waals surface area contributed by atoms with Gasteiger partial charge in [-0.15, -0.1) is 0 Å². The van der Waals surface area contributed by atoms with E-state index in [1.807, 2.05) is 0 Å². The number of halogens is 2. The molecule has 0 saturated heterocycles. The molecular formula is C6H12F2N2O. The van der Waals surface area contributed by atoms with Crippen LogP contribution in [0, 0.1) is 0 Å². The van der Waals surface area contributed by atoms with Crippen molar-refractivity contribution in [2.24, 2.45) is 5.73 Å². The van der Waals surface area contributed by atoms with Crippen LogP contribution in [-0.4, -0.2) is 36.9 Å². The van der Waals surface area contributed by atoms with Crippen LogP contribution in [-0.2, 0) is 4.79 Å². The Kier molecular flexibility index (Phi) is 4.69. The highest BCUT2D eigenvalue weighted by atomic mass is 19.3. The van der Waals surface area contributed by atoms with Gasteiger partial charge in [-0.1, -0.05) is 0 Å². The molecule has 0 aromatic rings. The summed E-state index contributed by atoms with van der Waals surface area (Å²) in [6, 6.07) is 0. The van der Waals surface area contributed by atoms with Crippen molar-refractivity contribution in [1.29, 1.82) is 0 Å². The molecule has 0 rings (SSSR count). The van der Waals surface area contributed by atoms with Crippen molar-refractivity contribution in [3.05, 3.63) is 0 Å². The fourth-order valence-corrected chi connectivity index (χ4v) is 0.700. The number of alkyl halides is 2. The van der Waals surface area contributed by atoms with Gasteiger partial charge in [0, 0.05) is 20.0 Å². The minimum absolute atomic E-state index is 0.194. The van der Waals surface area contributed by atoms with Gasteiger partial charge in [0.25, 0.3) is 6.43 Å². The summed E-state index contributed by atoms with van der Waals surface area (Å²) in [5, 5.41) is 0. The van der Waals surface area contributed by atoms with E-state index >= 15 is 0 Å². The van der Waals surface area contributed by atoms with Gasteiger partial charge in [-0.2, -0.15) is 0 Å². The van der Waals surface area contributed by atoms with Crippen LogP contribution in [0.5, 0.6) is 0 Å². The molecule has 0 aliphatic heterocycles. The minimum Gasteiger partial charge on any atom is -0.336 e. The van der Waals surface area contributed by atoms with E-state index in [9.17, 15) is 13.6 Å². The molecule has 5 heteroatoms. The number of nitrogens with two attached hydrogens (primary N) is 1. The van der Waals surface area contributed by atoms with Gasteiger partial charge < -0.3 is 10.6 Å². The van der Waals surface area contributed by atoms with Crippen molar-refractivity contribution < 1.29 is 13.6 Å². The Hall–Kier alpha value is -0.710. The van der Waals surface area contributed by atoms with Crippen LogP contribution in [0.2, 0.25) is 0 Å². The molecule has 0 aromatic carbocycles. The number of hydrogen-bond donors (Lipinski definition) is 1. The van der Waals surface area contributed by atoms with Gasteiger partial charge in [-0.3, -0.25) is 4.79 Å². The lowest BCUT2D eigenvalue weighted by molar-refractivity contribution is -0.130. The van der Waals surface area contributed by atoms with Crippen LogP contribution in [0.15, 0.2) is 0 Å². The van der Waals surface area contributed by atoms with E-state index in [1.54, 1.807) is 0 Å². The number of nitrogens with zero attached hydrogens (tertiary/aromatic N) is 1. The van der Waals surface area contributed by atoms with E-state index < -0.39 is 13.0 Å². The Labute approximate surface area is 64.2 Å². The SMILES string of the molecule is CC(=O)N(CCN)CC(F)F. The summed E-state index contributed by atoms with van der Waals surface area (Å²) in [7, 11) is 0. The third-order valence-electron chi connectivity index (χ3n) is 1.20. The summed E-state index contributed by atoms with van der Waals surface area (Å²) in [6.07, 6.45) is -2.48. The second-order valence-electron chi connectivity index (χ2n) is 2.14. The number of carbonyl (C=O) groups is 1. The van der Waals surface area contributed by atoms with Crippen LogP contribution in [0.1, 0.15) is 6.92 Å². The summed E-state index contributed by atoms with van der Waals surface area (Å²) >= 11 is 0. The van der Waals surface area contributed by atoms with Gasteiger partial charge in [0.2, 0.25) is 5.91 Å². The molecule has 1 amide bonds. The Balaban J connectivity index is 3.79. The predicted molar refractivity (Wildman–Crippen MR) is 37.3 cm³/mol. The Morgan fingerprint density at radius 3 is 2.45 bits per heavy atom. The largest absolute Gasteiger partial charge is 0.336 e. The highest BCUT2D eigenvalue weighted by Crippen LogP contribution is 1.97. The van der Waals surface area contributed by atoms with Gasteiger partial charge in [-0.05, 0) is 0 Å². The van der Waals surface area contributed by atoms with E-state index in [0.717, 1.165) is 4.90 Å². The standard InChI is InChI=1S/C6H12F2N2O/c1-5(11)10(3-2-9)4-6(7)8/h6H,2-4,9H2,1H3. The number of rotatable bonds is 4. The van der Waals surface area contributed by atoms with Crippen molar-refractivity contribution in [1.82, 2.24) is 4.90 Å². The molecule has 0 aliphatic rings. The van der Waals surface area contributed by atoms with Gasteiger partial charge in [0.15, 0.2) is 0 Å². The fourth-order valence-electron chi connectivity index (χ4n) is 0.700. The van der Waals surface area contributed by atoms with E-state index in [2.05, 4.69) is 0 Å². The zero-order chi connectivity index (χ0) is 8.85. The molecule has 0 fully saturated rings. The lowest BCUT2D eigenvalue weighted by Crippen LogP contribution is -2.37. The predicted octanol–water partition coefficient (Wildman–Crippen LogP) is 0.0587. The average molecular weight is 166 g/mol. The maximum absolute atomic E-state index is 11.7. The first-order valence-electron chi connectivity index (χ1n) is 3.31. The Morgan fingerprint density at radius 2 is 2.18 bits per heavy atom. The second-order valence-corrected chi connectivity index (χ2v) is 2.14. The smallest absolute Gasteiger partial charge is 0.255 e. The molecule has 0 bridgehead atoms. The van der Waals surface area contributed by atoms with Crippen molar-refractivity contribution in [3.63, 3.8) is 0 Å². The molecular weight excluding hydrogens is 154 g/mol. The molecule has 0 spiro atoms. The highest BCUT2D eigenvalue weighted by molar-refractivity contribution is 5.73. The zero-order valence-corrected chi connectivity index (χ0v) is 6.39. The quantitative estimate of drug-likeness (QED) is 0.641. The van der Waals surface area contributed by atoms with E-state index in [4.69, 9.17) is 5.73 Å². The highest BCUT2D eigenvalue weighted by Gasteiger charge is 2.12. The molecule has 0 aromatic heterocycles. The first-order chi connectivity index (χ1) is 5.07. The summed E-state index contributed by atoms with van der Waals surface area (Å²) in [5.74, 6) is -0.365. The number of hydrogen-bond acceptors (Lipinski definition) is 2. The van der Waals surface area contributed by atoms with Gasteiger partial charge in [-0.25, -0.2) is 8.78 Å². The van der Waals surface area contributed by atoms with Gasteiger partial charge in [0.05, 0.1) is 6.54 Å². The maximum Gasteiger partial charge on any atom is 0.255 e. The molecule has 3 nitrogen and oxygen atoms in total. The topological polar surface area (TPSA) is 46.3 Å². The van der Waals surface area contributed by atoms with Crippen LogP contribution < -0.4 is 5.73 Å². The normalized spacial score (nSPS) is 10.3. The van der Waals surface area contributed by atoms with Crippen molar-refractivity contribution in [2.75, 3.05) is 19.6 Å². The lowest BCUT2D eigenvalue weighted by Gasteiger charge is -2.18.